The van der Waals surface area contributed by atoms with Crippen LogP contribution in [0.5, 0.6) is 11.5 Å². The average molecular weight is 450 g/mol. The second kappa shape index (κ2) is 7.51. The molecule has 1 fully saturated rings. The number of nitrogens with zero attached hydrogens (tertiary/aromatic N) is 2. The Morgan fingerprint density at radius 3 is 2.70 bits per heavy atom. The standard InChI is InChI=1S/C23H22N4O6/c1-13-9-19(28)24-15-5-3-4-6-16(15)27(13)20(29)11-26-21(30)23(2,25-22(26)31)14-7-8-17-18(10-14)33-12-32-17/h3-8,10,13H,9,11-12H2,1-2H3,(H,24,28)(H,25,31). The van der Waals surface area contributed by atoms with E-state index < -0.39 is 36.0 Å². The van der Waals surface area contributed by atoms with E-state index in [4.69, 9.17) is 9.47 Å². The number of fused-ring (bicyclic) bond motifs is 2. The Hall–Kier alpha value is -4.08. The molecule has 5 amide bonds. The van der Waals surface area contributed by atoms with Crippen LogP contribution in [-0.2, 0) is 19.9 Å². The van der Waals surface area contributed by atoms with E-state index in [9.17, 15) is 19.2 Å². The van der Waals surface area contributed by atoms with Crippen LogP contribution < -0.4 is 25.0 Å². The molecule has 3 aliphatic rings. The molecule has 33 heavy (non-hydrogen) atoms. The monoisotopic (exact) mass is 450 g/mol. The number of carbonyl (C=O) groups is 4. The van der Waals surface area contributed by atoms with Crippen molar-refractivity contribution in [3.63, 3.8) is 0 Å². The molecule has 2 atom stereocenters. The van der Waals surface area contributed by atoms with E-state index in [1.54, 1.807) is 56.3 Å². The Morgan fingerprint density at radius 2 is 1.88 bits per heavy atom. The molecule has 0 spiro atoms. The first kappa shape index (κ1) is 20.8. The molecule has 170 valence electrons. The van der Waals surface area contributed by atoms with Crippen LogP contribution >= 0.6 is 0 Å². The molecule has 0 aliphatic carbocycles. The molecule has 10 nitrogen and oxygen atoms in total. The highest BCUT2D eigenvalue weighted by Gasteiger charge is 2.50. The van der Waals surface area contributed by atoms with Crippen molar-refractivity contribution in [3.05, 3.63) is 48.0 Å². The lowest BCUT2D eigenvalue weighted by molar-refractivity contribution is -0.134. The number of hydrogen-bond acceptors (Lipinski definition) is 6. The number of ether oxygens (including phenoxy) is 2. The number of imide groups is 1. The molecule has 3 heterocycles. The Kier molecular flexibility index (Phi) is 4.73. The van der Waals surface area contributed by atoms with Crippen molar-refractivity contribution in [2.75, 3.05) is 23.6 Å². The molecule has 3 aliphatic heterocycles. The van der Waals surface area contributed by atoms with E-state index in [0.717, 1.165) is 4.90 Å². The van der Waals surface area contributed by atoms with Gasteiger partial charge in [0.2, 0.25) is 18.6 Å². The molecule has 1 saturated heterocycles. The number of hydrogen-bond donors (Lipinski definition) is 2. The number of anilines is 2. The van der Waals surface area contributed by atoms with Gasteiger partial charge in [0, 0.05) is 12.5 Å². The third-order valence-electron chi connectivity index (χ3n) is 6.15. The Bertz CT molecular complexity index is 1200. The van der Waals surface area contributed by atoms with Gasteiger partial charge in [-0.05, 0) is 43.7 Å². The molecule has 0 aromatic heterocycles. The van der Waals surface area contributed by atoms with Crippen molar-refractivity contribution in [3.8, 4) is 11.5 Å². The fourth-order valence-corrected chi connectivity index (χ4v) is 4.42. The van der Waals surface area contributed by atoms with Gasteiger partial charge in [0.05, 0.1) is 11.4 Å². The minimum absolute atomic E-state index is 0.0866. The van der Waals surface area contributed by atoms with Crippen LogP contribution in [0.15, 0.2) is 42.5 Å². The van der Waals surface area contributed by atoms with E-state index in [2.05, 4.69) is 10.6 Å². The van der Waals surface area contributed by atoms with Crippen LogP contribution in [0.1, 0.15) is 25.8 Å². The fourth-order valence-electron chi connectivity index (χ4n) is 4.42. The molecule has 0 bridgehead atoms. The third kappa shape index (κ3) is 3.34. The molecule has 0 saturated carbocycles. The molecule has 5 rings (SSSR count). The Labute approximate surface area is 189 Å². The smallest absolute Gasteiger partial charge is 0.325 e. The zero-order valence-electron chi connectivity index (χ0n) is 18.1. The molecular formula is C23H22N4O6. The minimum Gasteiger partial charge on any atom is -0.454 e. The summed E-state index contributed by atoms with van der Waals surface area (Å²) in [5.41, 5.74) is 0.176. The minimum atomic E-state index is -1.36. The lowest BCUT2D eigenvalue weighted by Gasteiger charge is -2.29. The summed E-state index contributed by atoms with van der Waals surface area (Å²) in [6.07, 6.45) is 0.0927. The summed E-state index contributed by atoms with van der Waals surface area (Å²) < 4.78 is 10.7. The highest BCUT2D eigenvalue weighted by molar-refractivity contribution is 6.12. The van der Waals surface area contributed by atoms with E-state index in [1.165, 1.54) is 4.90 Å². The van der Waals surface area contributed by atoms with Gasteiger partial charge in [-0.25, -0.2) is 4.79 Å². The maximum atomic E-state index is 13.4. The van der Waals surface area contributed by atoms with Gasteiger partial charge in [-0.15, -0.1) is 0 Å². The van der Waals surface area contributed by atoms with E-state index in [-0.39, 0.29) is 19.1 Å². The van der Waals surface area contributed by atoms with Gasteiger partial charge in [-0.3, -0.25) is 19.3 Å². The van der Waals surface area contributed by atoms with E-state index >= 15 is 0 Å². The number of benzene rings is 2. The largest absolute Gasteiger partial charge is 0.454 e. The number of amides is 5. The van der Waals surface area contributed by atoms with E-state index in [1.807, 2.05) is 0 Å². The van der Waals surface area contributed by atoms with Crippen LogP contribution in [-0.4, -0.2) is 48.0 Å². The number of para-hydroxylation sites is 2. The van der Waals surface area contributed by atoms with Gasteiger partial charge in [-0.1, -0.05) is 18.2 Å². The number of urea groups is 1. The van der Waals surface area contributed by atoms with Crippen LogP contribution in [0, 0.1) is 0 Å². The SMILES string of the molecule is CC1CC(=O)Nc2ccccc2N1C(=O)CN1C(=O)NC(C)(c2ccc3c(c2)OCO3)C1=O. The quantitative estimate of drug-likeness (QED) is 0.691. The van der Waals surface area contributed by atoms with Crippen molar-refractivity contribution in [1.82, 2.24) is 10.2 Å². The average Bonchev–Trinajstić information content (AvgIpc) is 3.29. The highest BCUT2D eigenvalue weighted by Crippen LogP contribution is 2.38. The highest BCUT2D eigenvalue weighted by atomic mass is 16.7. The third-order valence-corrected chi connectivity index (χ3v) is 6.15. The van der Waals surface area contributed by atoms with Crippen LogP contribution in [0.25, 0.3) is 0 Å². The molecule has 10 heteroatoms. The number of rotatable bonds is 3. The summed E-state index contributed by atoms with van der Waals surface area (Å²) >= 11 is 0. The second-order valence-electron chi connectivity index (χ2n) is 8.40. The Morgan fingerprint density at radius 1 is 1.12 bits per heavy atom. The molecule has 2 unspecified atom stereocenters. The summed E-state index contributed by atoms with van der Waals surface area (Å²) in [7, 11) is 0. The Balaban J connectivity index is 1.41. The summed E-state index contributed by atoms with van der Waals surface area (Å²) in [4.78, 5) is 54.0. The van der Waals surface area contributed by atoms with Crippen molar-refractivity contribution < 1.29 is 28.7 Å². The maximum absolute atomic E-state index is 13.4. The predicted molar refractivity (Wildman–Crippen MR) is 117 cm³/mol. The molecule has 2 N–H and O–H groups in total. The topological polar surface area (TPSA) is 117 Å². The lowest BCUT2D eigenvalue weighted by Crippen LogP contribution is -2.47. The first-order valence-electron chi connectivity index (χ1n) is 10.5. The predicted octanol–water partition coefficient (Wildman–Crippen LogP) is 1.95. The lowest BCUT2D eigenvalue weighted by atomic mass is 9.91. The molecule has 2 aromatic rings. The fraction of sp³-hybridized carbons (Fsp3) is 0.304. The van der Waals surface area contributed by atoms with Crippen molar-refractivity contribution >= 4 is 35.1 Å². The summed E-state index contributed by atoms with van der Waals surface area (Å²) in [5.74, 6) is -0.189. The zero-order chi connectivity index (χ0) is 23.3. The van der Waals surface area contributed by atoms with Gasteiger partial charge >= 0.3 is 6.03 Å². The zero-order valence-corrected chi connectivity index (χ0v) is 18.1. The molecule has 2 aromatic carbocycles. The second-order valence-corrected chi connectivity index (χ2v) is 8.40. The molecular weight excluding hydrogens is 428 g/mol. The van der Waals surface area contributed by atoms with Crippen LogP contribution in [0.3, 0.4) is 0 Å². The van der Waals surface area contributed by atoms with Crippen LogP contribution in [0.4, 0.5) is 16.2 Å². The van der Waals surface area contributed by atoms with Gasteiger partial charge in [0.15, 0.2) is 11.5 Å². The summed E-state index contributed by atoms with van der Waals surface area (Å²) in [6.45, 7) is 2.96. The van der Waals surface area contributed by atoms with Crippen molar-refractivity contribution in [2.24, 2.45) is 0 Å². The van der Waals surface area contributed by atoms with Gasteiger partial charge < -0.3 is 25.0 Å². The number of carbonyl (C=O) groups excluding carboxylic acids is 4. The van der Waals surface area contributed by atoms with E-state index in [0.29, 0.717) is 28.4 Å². The van der Waals surface area contributed by atoms with Gasteiger partial charge in [0.1, 0.15) is 12.1 Å². The first-order valence-corrected chi connectivity index (χ1v) is 10.5. The van der Waals surface area contributed by atoms with Gasteiger partial charge in [-0.2, -0.15) is 0 Å². The van der Waals surface area contributed by atoms with Crippen molar-refractivity contribution in [1.29, 1.82) is 0 Å². The normalized spacial score (nSPS) is 23.7. The summed E-state index contributed by atoms with van der Waals surface area (Å²) in [5, 5.41) is 5.49. The first-order chi connectivity index (χ1) is 15.8. The van der Waals surface area contributed by atoms with Crippen LogP contribution in [0.2, 0.25) is 0 Å². The van der Waals surface area contributed by atoms with Crippen molar-refractivity contribution in [2.45, 2.75) is 31.8 Å². The maximum Gasteiger partial charge on any atom is 0.325 e. The van der Waals surface area contributed by atoms with Gasteiger partial charge in [0.25, 0.3) is 5.91 Å². The number of nitrogens with one attached hydrogen (secondary N) is 2. The summed E-state index contributed by atoms with van der Waals surface area (Å²) in [6, 6.07) is 10.8. The molecule has 0 radical (unpaired) electrons.